The first-order valence-electron chi connectivity index (χ1n) is 6.10. The van der Waals surface area contributed by atoms with E-state index in [-0.39, 0.29) is 17.2 Å². The molecular weight excluding hydrogens is 356 g/mol. The Balaban J connectivity index is 2.30. The molecule has 3 N–H and O–H groups in total. The van der Waals surface area contributed by atoms with Crippen LogP contribution >= 0.6 is 15.9 Å². The summed E-state index contributed by atoms with van der Waals surface area (Å²) >= 11 is 3.22. The molecule has 0 amide bonds. The van der Waals surface area contributed by atoms with E-state index in [0.29, 0.717) is 15.7 Å². The van der Waals surface area contributed by atoms with Crippen LogP contribution in [0.3, 0.4) is 0 Å². The molecule has 2 aromatic rings. The van der Waals surface area contributed by atoms with Crippen LogP contribution in [0, 0.1) is 0 Å². The minimum atomic E-state index is -3.65. The van der Waals surface area contributed by atoms with Crippen molar-refractivity contribution in [1.82, 2.24) is 4.31 Å². The normalized spacial score (nSPS) is 11.8. The molecular formula is C14H15BrN2O3S. The minimum absolute atomic E-state index is 0.104. The third-order valence-corrected chi connectivity index (χ3v) is 5.74. The van der Waals surface area contributed by atoms with Crippen molar-refractivity contribution in [3.8, 4) is 5.75 Å². The van der Waals surface area contributed by atoms with Gasteiger partial charge in [0.25, 0.3) is 0 Å². The van der Waals surface area contributed by atoms with Gasteiger partial charge in [-0.3, -0.25) is 0 Å². The summed E-state index contributed by atoms with van der Waals surface area (Å²) < 4.78 is 26.7. The molecule has 7 heteroatoms. The highest BCUT2D eigenvalue weighted by atomic mass is 79.9. The highest BCUT2D eigenvalue weighted by Gasteiger charge is 2.23. The second-order valence-electron chi connectivity index (χ2n) is 4.62. The summed E-state index contributed by atoms with van der Waals surface area (Å²) in [5.74, 6) is 0.104. The van der Waals surface area contributed by atoms with Gasteiger partial charge >= 0.3 is 0 Å². The summed E-state index contributed by atoms with van der Waals surface area (Å²) in [7, 11) is -2.16. The lowest BCUT2D eigenvalue weighted by molar-refractivity contribution is 0.458. The van der Waals surface area contributed by atoms with Gasteiger partial charge in [0.2, 0.25) is 10.0 Å². The maximum Gasteiger partial charge on any atom is 0.244 e. The summed E-state index contributed by atoms with van der Waals surface area (Å²) in [6.07, 6.45) is 0. The quantitative estimate of drug-likeness (QED) is 0.810. The van der Waals surface area contributed by atoms with Crippen molar-refractivity contribution in [2.45, 2.75) is 11.4 Å². The Hall–Kier alpha value is -1.57. The standard InChI is InChI=1S/C14H15BrN2O3S/c1-17(9-10-3-2-4-12(18)7-10)21(19,20)14-6-5-11(16)8-13(14)15/h2-8,18H,9,16H2,1H3. The van der Waals surface area contributed by atoms with Crippen molar-refractivity contribution in [3.05, 3.63) is 52.5 Å². The van der Waals surface area contributed by atoms with Gasteiger partial charge in [-0.2, -0.15) is 4.31 Å². The Morgan fingerprint density at radius 1 is 1.24 bits per heavy atom. The Bertz CT molecular complexity index is 763. The first-order chi connectivity index (χ1) is 9.80. The molecule has 0 saturated heterocycles. The molecule has 0 radical (unpaired) electrons. The number of phenolic OH excluding ortho intramolecular Hbond substituents is 1. The zero-order valence-electron chi connectivity index (χ0n) is 11.3. The lowest BCUT2D eigenvalue weighted by Crippen LogP contribution is -2.26. The fourth-order valence-electron chi connectivity index (χ4n) is 1.89. The smallest absolute Gasteiger partial charge is 0.244 e. The van der Waals surface area contributed by atoms with Gasteiger partial charge < -0.3 is 10.8 Å². The molecule has 0 fully saturated rings. The van der Waals surface area contributed by atoms with E-state index < -0.39 is 10.0 Å². The molecule has 0 aliphatic carbocycles. The molecule has 112 valence electrons. The second-order valence-corrected chi connectivity index (χ2v) is 7.49. The van der Waals surface area contributed by atoms with Crippen LogP contribution in [0.25, 0.3) is 0 Å². The first kappa shape index (κ1) is 15.8. The number of benzene rings is 2. The molecule has 0 aromatic heterocycles. The number of aromatic hydroxyl groups is 1. The average Bonchev–Trinajstić information content (AvgIpc) is 2.38. The first-order valence-corrected chi connectivity index (χ1v) is 8.33. The number of anilines is 1. The Kier molecular flexibility index (Phi) is 4.55. The second kappa shape index (κ2) is 6.05. The van der Waals surface area contributed by atoms with E-state index in [0.717, 1.165) is 0 Å². The molecule has 0 bridgehead atoms. The number of rotatable bonds is 4. The molecule has 0 atom stereocenters. The summed E-state index contributed by atoms with van der Waals surface area (Å²) in [6, 6.07) is 11.1. The van der Waals surface area contributed by atoms with Crippen LogP contribution in [-0.2, 0) is 16.6 Å². The largest absolute Gasteiger partial charge is 0.508 e. The summed E-state index contributed by atoms with van der Waals surface area (Å²) in [4.78, 5) is 0.152. The van der Waals surface area contributed by atoms with E-state index in [1.807, 2.05) is 0 Å². The minimum Gasteiger partial charge on any atom is -0.508 e. The molecule has 21 heavy (non-hydrogen) atoms. The van der Waals surface area contributed by atoms with Crippen LogP contribution in [0.4, 0.5) is 5.69 Å². The maximum absolute atomic E-state index is 12.5. The van der Waals surface area contributed by atoms with E-state index in [4.69, 9.17) is 5.73 Å². The van der Waals surface area contributed by atoms with Crippen molar-refractivity contribution in [3.63, 3.8) is 0 Å². The van der Waals surface area contributed by atoms with Gasteiger partial charge in [0, 0.05) is 23.8 Å². The molecule has 0 spiro atoms. The molecule has 5 nitrogen and oxygen atoms in total. The maximum atomic E-state index is 12.5. The highest BCUT2D eigenvalue weighted by Crippen LogP contribution is 2.27. The number of nitrogens with two attached hydrogens (primary N) is 1. The van der Waals surface area contributed by atoms with Gasteiger partial charge in [-0.1, -0.05) is 12.1 Å². The van der Waals surface area contributed by atoms with Crippen LogP contribution in [0.15, 0.2) is 51.8 Å². The van der Waals surface area contributed by atoms with E-state index >= 15 is 0 Å². The number of hydrogen-bond acceptors (Lipinski definition) is 4. The number of nitrogens with zero attached hydrogens (tertiary/aromatic N) is 1. The van der Waals surface area contributed by atoms with Gasteiger partial charge in [0.05, 0.1) is 4.90 Å². The fraction of sp³-hybridized carbons (Fsp3) is 0.143. The van der Waals surface area contributed by atoms with Crippen LogP contribution in [0.5, 0.6) is 5.75 Å². The zero-order valence-corrected chi connectivity index (χ0v) is 13.7. The molecule has 0 heterocycles. The van der Waals surface area contributed by atoms with E-state index in [2.05, 4.69) is 15.9 Å². The van der Waals surface area contributed by atoms with Crippen molar-refractivity contribution < 1.29 is 13.5 Å². The topological polar surface area (TPSA) is 83.6 Å². The van der Waals surface area contributed by atoms with Crippen LogP contribution < -0.4 is 5.73 Å². The molecule has 0 aliphatic heterocycles. The van der Waals surface area contributed by atoms with Crippen LogP contribution in [0.2, 0.25) is 0 Å². The number of sulfonamides is 1. The fourth-order valence-corrected chi connectivity index (χ4v) is 4.10. The van der Waals surface area contributed by atoms with Gasteiger partial charge in [-0.15, -0.1) is 0 Å². The predicted octanol–water partition coefficient (Wildman–Crippen LogP) is 2.56. The average molecular weight is 371 g/mol. The summed E-state index contributed by atoms with van der Waals surface area (Å²) in [5, 5.41) is 9.43. The van der Waals surface area contributed by atoms with E-state index in [1.165, 1.54) is 29.6 Å². The van der Waals surface area contributed by atoms with Gasteiger partial charge in [-0.25, -0.2) is 8.42 Å². The van der Waals surface area contributed by atoms with Gasteiger partial charge in [0.15, 0.2) is 0 Å². The Morgan fingerprint density at radius 2 is 1.95 bits per heavy atom. The van der Waals surface area contributed by atoms with Crippen molar-refractivity contribution in [2.24, 2.45) is 0 Å². The SMILES string of the molecule is CN(Cc1cccc(O)c1)S(=O)(=O)c1ccc(N)cc1Br. The summed E-state index contributed by atoms with van der Waals surface area (Å²) in [5.41, 5.74) is 6.81. The van der Waals surface area contributed by atoms with Crippen LogP contribution in [-0.4, -0.2) is 24.9 Å². The van der Waals surface area contributed by atoms with Gasteiger partial charge in [-0.05, 0) is 51.8 Å². The summed E-state index contributed by atoms with van der Waals surface area (Å²) in [6.45, 7) is 0.160. The highest BCUT2D eigenvalue weighted by molar-refractivity contribution is 9.10. The number of nitrogen functional groups attached to an aromatic ring is 1. The number of halogens is 1. The van der Waals surface area contributed by atoms with E-state index in [9.17, 15) is 13.5 Å². The Morgan fingerprint density at radius 3 is 2.57 bits per heavy atom. The zero-order chi connectivity index (χ0) is 15.6. The number of hydrogen-bond donors (Lipinski definition) is 2. The predicted molar refractivity (Wildman–Crippen MR) is 85.3 cm³/mol. The molecule has 2 aromatic carbocycles. The van der Waals surface area contributed by atoms with Crippen molar-refractivity contribution >= 4 is 31.6 Å². The van der Waals surface area contributed by atoms with Crippen molar-refractivity contribution in [2.75, 3.05) is 12.8 Å². The van der Waals surface area contributed by atoms with Crippen molar-refractivity contribution in [1.29, 1.82) is 0 Å². The molecule has 0 aliphatic rings. The van der Waals surface area contributed by atoms with E-state index in [1.54, 1.807) is 24.3 Å². The molecule has 0 saturated carbocycles. The molecule has 0 unspecified atom stereocenters. The molecule has 2 rings (SSSR count). The third kappa shape index (κ3) is 3.55. The number of phenols is 1. The van der Waals surface area contributed by atoms with Crippen LogP contribution in [0.1, 0.15) is 5.56 Å². The monoisotopic (exact) mass is 370 g/mol. The Labute approximate surface area is 132 Å². The van der Waals surface area contributed by atoms with Gasteiger partial charge in [0.1, 0.15) is 5.75 Å². The third-order valence-electron chi connectivity index (χ3n) is 2.96. The lowest BCUT2D eigenvalue weighted by atomic mass is 10.2. The lowest BCUT2D eigenvalue weighted by Gasteiger charge is -2.18.